The molecule has 3 aliphatic heterocycles. The van der Waals surface area contributed by atoms with Crippen LogP contribution in [0.1, 0.15) is 50.6 Å². The molecule has 10 heteroatoms. The van der Waals surface area contributed by atoms with Gasteiger partial charge in [-0.2, -0.15) is 13.2 Å². The summed E-state index contributed by atoms with van der Waals surface area (Å²) < 4.78 is 50.7. The molecular weight excluding hydrogens is 473 g/mol. The van der Waals surface area contributed by atoms with Crippen LogP contribution in [0.5, 0.6) is 0 Å². The van der Waals surface area contributed by atoms with E-state index < -0.39 is 11.9 Å². The number of ether oxygens (including phenoxy) is 2. The zero-order valence-electron chi connectivity index (χ0n) is 20.7. The van der Waals surface area contributed by atoms with Crippen molar-refractivity contribution in [2.45, 2.75) is 81.4 Å². The van der Waals surface area contributed by atoms with Gasteiger partial charge >= 0.3 is 6.18 Å². The molecule has 1 N–H and O–H groups in total. The van der Waals surface area contributed by atoms with E-state index in [2.05, 4.69) is 15.2 Å². The third-order valence-electron chi connectivity index (χ3n) is 9.44. The van der Waals surface area contributed by atoms with E-state index in [9.17, 15) is 18.0 Å². The Hall–Kier alpha value is -1.91. The Kier molecular flexibility index (Phi) is 6.20. The lowest BCUT2D eigenvalue weighted by Crippen LogP contribution is -2.54. The van der Waals surface area contributed by atoms with Crippen molar-refractivity contribution in [1.82, 2.24) is 15.2 Å². The van der Waals surface area contributed by atoms with Crippen LogP contribution in [-0.4, -0.2) is 79.5 Å². The molecule has 1 amide bonds. The molecule has 36 heavy (non-hydrogen) atoms. The molecule has 3 saturated heterocycles. The zero-order valence-corrected chi connectivity index (χ0v) is 20.7. The summed E-state index contributed by atoms with van der Waals surface area (Å²) in [5.41, 5.74) is -1.18. The van der Waals surface area contributed by atoms with Crippen molar-refractivity contribution in [1.29, 1.82) is 0 Å². The molecule has 5 fully saturated rings. The fourth-order valence-corrected chi connectivity index (χ4v) is 7.78. The molecule has 2 bridgehead atoms. The third kappa shape index (κ3) is 4.09. The minimum Gasteiger partial charge on any atom is -0.379 e. The van der Waals surface area contributed by atoms with Gasteiger partial charge in [-0.1, -0.05) is 12.5 Å². The maximum atomic E-state index is 14.1. The Balaban J connectivity index is 1.13. The molecule has 0 spiro atoms. The predicted octanol–water partition coefficient (Wildman–Crippen LogP) is 3.23. The van der Waals surface area contributed by atoms with Gasteiger partial charge in [0.1, 0.15) is 11.5 Å². The Morgan fingerprint density at radius 1 is 1.22 bits per heavy atom. The number of pyridine rings is 1. The van der Waals surface area contributed by atoms with E-state index in [4.69, 9.17) is 9.47 Å². The maximum Gasteiger partial charge on any atom is 0.433 e. The topological polar surface area (TPSA) is 66.9 Å². The average molecular weight is 509 g/mol. The van der Waals surface area contributed by atoms with Crippen LogP contribution >= 0.6 is 0 Å². The van der Waals surface area contributed by atoms with Crippen LogP contribution in [0.2, 0.25) is 0 Å². The smallest absolute Gasteiger partial charge is 0.379 e. The van der Waals surface area contributed by atoms with Crippen molar-refractivity contribution in [3.05, 3.63) is 23.9 Å². The number of alkyl halides is 3. The van der Waals surface area contributed by atoms with E-state index in [-0.39, 0.29) is 35.6 Å². The second kappa shape index (κ2) is 9.13. The summed E-state index contributed by atoms with van der Waals surface area (Å²) in [6.45, 7) is 2.44. The van der Waals surface area contributed by atoms with Crippen LogP contribution in [-0.2, 0) is 20.4 Å². The van der Waals surface area contributed by atoms with Gasteiger partial charge in [0, 0.05) is 38.9 Å². The molecule has 4 heterocycles. The lowest BCUT2D eigenvalue weighted by Gasteiger charge is -2.40. The van der Waals surface area contributed by atoms with Gasteiger partial charge in [-0.15, -0.1) is 0 Å². The number of fused-ring (bicyclic) bond motifs is 3. The van der Waals surface area contributed by atoms with E-state index in [1.807, 2.05) is 4.90 Å². The van der Waals surface area contributed by atoms with Gasteiger partial charge in [0.2, 0.25) is 5.91 Å². The highest BCUT2D eigenvalue weighted by molar-refractivity contribution is 5.85. The molecule has 5 aliphatic rings. The van der Waals surface area contributed by atoms with Gasteiger partial charge in [0.05, 0.1) is 30.2 Å². The molecule has 0 aromatic carbocycles. The highest BCUT2D eigenvalue weighted by Gasteiger charge is 2.59. The first-order valence-electron chi connectivity index (χ1n) is 13.3. The number of hydrogen-bond acceptors (Lipinski definition) is 6. The van der Waals surface area contributed by atoms with Crippen molar-refractivity contribution in [2.75, 3.05) is 38.3 Å². The van der Waals surface area contributed by atoms with E-state index in [1.54, 1.807) is 13.2 Å². The van der Waals surface area contributed by atoms with Crippen molar-refractivity contribution in [3.63, 3.8) is 0 Å². The average Bonchev–Trinajstić information content (AvgIpc) is 3.63. The standard InChI is InChI=1S/C26H35F3N4O3/c1-35-21-15-36-9-7-20(21)30-17-10-16-4-3-8-25(16,12-17)24(34)33-14-18-11-19(33)13-32(18)23-6-2-5-22(31-23)26(27,28)29/h2,5-6,16-21,30H,3-4,7-15H2,1H3/t16-,17-,18-,19+,20+,21-,25-/m1/s1. The number of carbonyl (C=O) groups is 1. The van der Waals surface area contributed by atoms with Crippen LogP contribution in [0.15, 0.2) is 18.2 Å². The number of anilines is 1. The van der Waals surface area contributed by atoms with Crippen molar-refractivity contribution < 1.29 is 27.4 Å². The normalized spacial score (nSPS) is 38.1. The maximum absolute atomic E-state index is 14.1. The molecule has 2 saturated carbocycles. The summed E-state index contributed by atoms with van der Waals surface area (Å²) >= 11 is 0. The van der Waals surface area contributed by atoms with Crippen LogP contribution in [0, 0.1) is 11.3 Å². The Labute approximate surface area is 209 Å². The van der Waals surface area contributed by atoms with E-state index in [0.29, 0.717) is 37.5 Å². The minimum absolute atomic E-state index is 0.0196. The Bertz CT molecular complexity index is 993. The number of rotatable bonds is 5. The van der Waals surface area contributed by atoms with Crippen LogP contribution in [0.25, 0.3) is 0 Å². The Morgan fingerprint density at radius 2 is 2.08 bits per heavy atom. The number of amides is 1. The molecule has 198 valence electrons. The monoisotopic (exact) mass is 508 g/mol. The van der Waals surface area contributed by atoms with Crippen LogP contribution in [0.4, 0.5) is 19.0 Å². The van der Waals surface area contributed by atoms with E-state index in [0.717, 1.165) is 57.6 Å². The summed E-state index contributed by atoms with van der Waals surface area (Å²) in [6.07, 6.45) is 2.27. The number of carbonyl (C=O) groups excluding carboxylic acids is 1. The summed E-state index contributed by atoms with van der Waals surface area (Å²) in [7, 11) is 1.73. The van der Waals surface area contributed by atoms with E-state index >= 15 is 0 Å². The number of nitrogens with one attached hydrogen (secondary N) is 1. The number of likely N-dealkylation sites (tertiary alicyclic amines) is 1. The molecule has 7 atom stereocenters. The quantitative estimate of drug-likeness (QED) is 0.659. The van der Waals surface area contributed by atoms with Gasteiger partial charge in [0.15, 0.2) is 0 Å². The molecule has 1 aromatic rings. The minimum atomic E-state index is -4.46. The number of halogens is 3. The molecule has 0 radical (unpaired) electrons. The number of aromatic nitrogens is 1. The number of nitrogens with zero attached hydrogens (tertiary/aromatic N) is 3. The highest BCUT2D eigenvalue weighted by Crippen LogP contribution is 2.56. The van der Waals surface area contributed by atoms with Crippen molar-refractivity contribution in [3.8, 4) is 0 Å². The first kappa shape index (κ1) is 24.4. The predicted molar refractivity (Wildman–Crippen MR) is 126 cm³/mol. The van der Waals surface area contributed by atoms with E-state index in [1.165, 1.54) is 6.07 Å². The summed E-state index contributed by atoms with van der Waals surface area (Å²) in [5.74, 6) is 1.02. The fraction of sp³-hybridized carbons (Fsp3) is 0.769. The SMILES string of the molecule is CO[C@@H]1COCC[C@@H]1N[C@@H]1C[C@H]2CCC[C@@]2(C(=O)N2C[C@H]3C[C@H]2CN3c2cccc(C(F)(F)F)n2)C1. The lowest BCUT2D eigenvalue weighted by molar-refractivity contribution is -0.144. The van der Waals surface area contributed by atoms with Crippen molar-refractivity contribution in [2.24, 2.45) is 11.3 Å². The molecule has 7 nitrogen and oxygen atoms in total. The second-order valence-corrected chi connectivity index (χ2v) is 11.3. The van der Waals surface area contributed by atoms with Gasteiger partial charge in [-0.05, 0) is 56.6 Å². The molecule has 0 unspecified atom stereocenters. The molecule has 2 aliphatic carbocycles. The van der Waals surface area contributed by atoms with Gasteiger partial charge in [0.25, 0.3) is 0 Å². The Morgan fingerprint density at radius 3 is 2.83 bits per heavy atom. The zero-order chi connectivity index (χ0) is 25.1. The highest BCUT2D eigenvalue weighted by atomic mass is 19.4. The van der Waals surface area contributed by atoms with Gasteiger partial charge in [-0.3, -0.25) is 4.79 Å². The summed E-state index contributed by atoms with van der Waals surface area (Å²) in [5, 5.41) is 3.81. The summed E-state index contributed by atoms with van der Waals surface area (Å²) in [4.78, 5) is 22.0. The second-order valence-electron chi connectivity index (χ2n) is 11.3. The number of methoxy groups -OCH3 is 1. The van der Waals surface area contributed by atoms with Crippen LogP contribution < -0.4 is 10.2 Å². The first-order chi connectivity index (χ1) is 17.3. The van der Waals surface area contributed by atoms with Crippen LogP contribution in [0.3, 0.4) is 0 Å². The number of hydrogen-bond donors (Lipinski definition) is 1. The first-order valence-corrected chi connectivity index (χ1v) is 13.3. The summed E-state index contributed by atoms with van der Waals surface area (Å²) in [6, 6.07) is 4.67. The van der Waals surface area contributed by atoms with Gasteiger partial charge < -0.3 is 24.6 Å². The molecule has 1 aromatic heterocycles. The molecular formula is C26H35F3N4O3. The van der Waals surface area contributed by atoms with Gasteiger partial charge in [-0.25, -0.2) is 4.98 Å². The lowest BCUT2D eigenvalue weighted by atomic mass is 9.78. The molecule has 6 rings (SSSR count). The fourth-order valence-electron chi connectivity index (χ4n) is 7.78. The van der Waals surface area contributed by atoms with Crippen molar-refractivity contribution >= 4 is 11.7 Å². The third-order valence-corrected chi connectivity index (χ3v) is 9.44. The largest absolute Gasteiger partial charge is 0.433 e. The number of piperazine rings is 1.